The molecule has 1 nitrogen and oxygen atoms in total. The highest BCUT2D eigenvalue weighted by molar-refractivity contribution is 5.89. The molecule has 0 atom stereocenters. The minimum absolute atomic E-state index is 0.630. The van der Waals surface area contributed by atoms with Crippen molar-refractivity contribution in [2.45, 2.75) is 44.6 Å². The molecule has 0 bridgehead atoms. The summed E-state index contributed by atoms with van der Waals surface area (Å²) in [5.41, 5.74) is 8.66. The molecular weight excluding hydrogens is 218 g/mol. The van der Waals surface area contributed by atoms with Crippen molar-refractivity contribution < 1.29 is 0 Å². The van der Waals surface area contributed by atoms with Crippen molar-refractivity contribution >= 4 is 10.8 Å². The molecule has 2 N–H and O–H groups in total. The molecule has 0 amide bonds. The molecule has 1 saturated carbocycles. The second kappa shape index (κ2) is 5.11. The molecule has 1 heteroatoms. The first-order chi connectivity index (χ1) is 8.90. The highest BCUT2D eigenvalue weighted by Crippen LogP contribution is 2.36. The summed E-state index contributed by atoms with van der Waals surface area (Å²) in [5.74, 6) is 0.760. The van der Waals surface area contributed by atoms with E-state index in [-0.39, 0.29) is 0 Å². The Morgan fingerprint density at radius 3 is 2.39 bits per heavy atom. The standard InChI is InChI=1S/C17H21N/c18-12-14-8-4-11-17-15(9-5-10-16(14)17)13-6-2-1-3-7-13/h4-5,8-11,13H,1-3,6-7,12,18H2. The van der Waals surface area contributed by atoms with Crippen LogP contribution in [0.5, 0.6) is 0 Å². The van der Waals surface area contributed by atoms with Gasteiger partial charge in [-0.25, -0.2) is 0 Å². The van der Waals surface area contributed by atoms with E-state index in [1.807, 2.05) is 0 Å². The number of nitrogens with two attached hydrogens (primary N) is 1. The zero-order valence-electron chi connectivity index (χ0n) is 10.9. The van der Waals surface area contributed by atoms with Crippen molar-refractivity contribution in [3.8, 4) is 0 Å². The Bertz CT molecular complexity index is 538. The number of hydrogen-bond acceptors (Lipinski definition) is 1. The maximum Gasteiger partial charge on any atom is 0.0184 e. The smallest absolute Gasteiger partial charge is 0.0184 e. The van der Waals surface area contributed by atoms with E-state index in [4.69, 9.17) is 5.73 Å². The van der Waals surface area contributed by atoms with E-state index in [1.54, 1.807) is 5.56 Å². The van der Waals surface area contributed by atoms with Gasteiger partial charge in [-0.05, 0) is 40.7 Å². The second-order valence-corrected chi connectivity index (χ2v) is 5.40. The van der Waals surface area contributed by atoms with E-state index in [0.717, 1.165) is 5.92 Å². The third-order valence-corrected chi connectivity index (χ3v) is 4.31. The van der Waals surface area contributed by atoms with Gasteiger partial charge in [0.2, 0.25) is 0 Å². The summed E-state index contributed by atoms with van der Waals surface area (Å²) in [5, 5.41) is 2.77. The molecule has 1 aliphatic carbocycles. The van der Waals surface area contributed by atoms with Crippen molar-refractivity contribution in [1.29, 1.82) is 0 Å². The van der Waals surface area contributed by atoms with Crippen LogP contribution in [0.15, 0.2) is 36.4 Å². The Morgan fingerprint density at radius 2 is 1.61 bits per heavy atom. The number of hydrogen-bond donors (Lipinski definition) is 1. The lowest BCUT2D eigenvalue weighted by Crippen LogP contribution is -2.05. The fourth-order valence-electron chi connectivity index (χ4n) is 3.35. The fraction of sp³-hybridized carbons (Fsp3) is 0.412. The molecule has 18 heavy (non-hydrogen) atoms. The van der Waals surface area contributed by atoms with Gasteiger partial charge < -0.3 is 5.73 Å². The number of benzene rings is 2. The molecule has 1 aliphatic rings. The fourth-order valence-corrected chi connectivity index (χ4v) is 3.35. The van der Waals surface area contributed by atoms with E-state index >= 15 is 0 Å². The summed E-state index contributed by atoms with van der Waals surface area (Å²) in [6, 6.07) is 13.3. The molecule has 1 fully saturated rings. The van der Waals surface area contributed by atoms with Crippen LogP contribution < -0.4 is 5.73 Å². The van der Waals surface area contributed by atoms with Gasteiger partial charge in [0.1, 0.15) is 0 Å². The summed E-state index contributed by atoms with van der Waals surface area (Å²) in [4.78, 5) is 0. The highest BCUT2D eigenvalue weighted by atomic mass is 14.5. The quantitative estimate of drug-likeness (QED) is 0.828. The van der Waals surface area contributed by atoms with Crippen LogP contribution in [0.25, 0.3) is 10.8 Å². The van der Waals surface area contributed by atoms with Gasteiger partial charge in [0.05, 0.1) is 0 Å². The zero-order valence-corrected chi connectivity index (χ0v) is 10.9. The minimum atomic E-state index is 0.630. The molecule has 0 aliphatic heterocycles. The molecule has 94 valence electrons. The van der Waals surface area contributed by atoms with Crippen molar-refractivity contribution in [2.75, 3.05) is 0 Å². The van der Waals surface area contributed by atoms with Crippen molar-refractivity contribution in [3.63, 3.8) is 0 Å². The van der Waals surface area contributed by atoms with Crippen LogP contribution >= 0.6 is 0 Å². The van der Waals surface area contributed by atoms with Crippen LogP contribution in [-0.2, 0) is 6.54 Å². The molecule has 3 rings (SSSR count). The van der Waals surface area contributed by atoms with Gasteiger partial charge in [0.15, 0.2) is 0 Å². The second-order valence-electron chi connectivity index (χ2n) is 5.40. The van der Waals surface area contributed by atoms with Gasteiger partial charge in [-0.2, -0.15) is 0 Å². The van der Waals surface area contributed by atoms with Crippen LogP contribution in [0.4, 0.5) is 0 Å². The molecule has 0 saturated heterocycles. The Hall–Kier alpha value is -1.34. The maximum absolute atomic E-state index is 5.84. The topological polar surface area (TPSA) is 26.0 Å². The summed E-state index contributed by atoms with van der Waals surface area (Å²) in [6.45, 7) is 0.630. The average molecular weight is 239 g/mol. The highest BCUT2D eigenvalue weighted by Gasteiger charge is 2.17. The molecule has 0 heterocycles. The van der Waals surface area contributed by atoms with E-state index in [9.17, 15) is 0 Å². The molecule has 0 aromatic heterocycles. The van der Waals surface area contributed by atoms with Crippen LogP contribution in [-0.4, -0.2) is 0 Å². The first-order valence-corrected chi connectivity index (χ1v) is 7.11. The monoisotopic (exact) mass is 239 g/mol. The zero-order chi connectivity index (χ0) is 12.4. The van der Waals surface area contributed by atoms with Gasteiger partial charge in [0.25, 0.3) is 0 Å². The molecule has 0 radical (unpaired) electrons. The first kappa shape index (κ1) is 11.7. The SMILES string of the molecule is NCc1cccc2c(C3CCCCC3)cccc12. The summed E-state index contributed by atoms with van der Waals surface area (Å²) in [7, 11) is 0. The largest absolute Gasteiger partial charge is 0.326 e. The van der Waals surface area contributed by atoms with Crippen molar-refractivity contribution in [2.24, 2.45) is 5.73 Å². The molecule has 2 aromatic rings. The van der Waals surface area contributed by atoms with Gasteiger partial charge in [-0.3, -0.25) is 0 Å². The summed E-state index contributed by atoms with van der Waals surface area (Å²) >= 11 is 0. The predicted octanol–water partition coefficient (Wildman–Crippen LogP) is 4.35. The minimum Gasteiger partial charge on any atom is -0.326 e. The Kier molecular flexibility index (Phi) is 3.33. The van der Waals surface area contributed by atoms with Crippen LogP contribution in [0.2, 0.25) is 0 Å². The third-order valence-electron chi connectivity index (χ3n) is 4.31. The molecular formula is C17H21N. The maximum atomic E-state index is 5.84. The van der Waals surface area contributed by atoms with E-state index in [2.05, 4.69) is 36.4 Å². The third kappa shape index (κ3) is 2.04. The predicted molar refractivity (Wildman–Crippen MR) is 77.7 cm³/mol. The van der Waals surface area contributed by atoms with Gasteiger partial charge in [-0.1, -0.05) is 55.7 Å². The van der Waals surface area contributed by atoms with Crippen LogP contribution in [0.3, 0.4) is 0 Å². The lowest BCUT2D eigenvalue weighted by Gasteiger charge is -2.23. The molecule has 0 spiro atoms. The molecule has 2 aromatic carbocycles. The average Bonchev–Trinajstić information content (AvgIpc) is 2.47. The number of rotatable bonds is 2. The van der Waals surface area contributed by atoms with Crippen LogP contribution in [0.1, 0.15) is 49.1 Å². The van der Waals surface area contributed by atoms with E-state index < -0.39 is 0 Å². The van der Waals surface area contributed by atoms with Crippen molar-refractivity contribution in [3.05, 3.63) is 47.5 Å². The summed E-state index contributed by atoms with van der Waals surface area (Å²) < 4.78 is 0. The Morgan fingerprint density at radius 1 is 0.889 bits per heavy atom. The Balaban J connectivity index is 2.11. The number of fused-ring (bicyclic) bond motifs is 1. The lowest BCUT2D eigenvalue weighted by atomic mass is 9.82. The van der Waals surface area contributed by atoms with E-state index in [1.165, 1.54) is 48.4 Å². The normalized spacial score (nSPS) is 17.2. The molecule has 0 unspecified atom stereocenters. The van der Waals surface area contributed by atoms with Gasteiger partial charge in [-0.15, -0.1) is 0 Å². The van der Waals surface area contributed by atoms with E-state index in [0.29, 0.717) is 6.54 Å². The van der Waals surface area contributed by atoms with Crippen molar-refractivity contribution in [1.82, 2.24) is 0 Å². The van der Waals surface area contributed by atoms with Gasteiger partial charge >= 0.3 is 0 Å². The van der Waals surface area contributed by atoms with Crippen LogP contribution in [0, 0.1) is 0 Å². The Labute approximate surface area is 109 Å². The van der Waals surface area contributed by atoms with Gasteiger partial charge in [0, 0.05) is 6.54 Å². The summed E-state index contributed by atoms with van der Waals surface area (Å²) in [6.07, 6.45) is 6.89. The lowest BCUT2D eigenvalue weighted by molar-refractivity contribution is 0.445. The first-order valence-electron chi connectivity index (χ1n) is 7.11.